The average molecular weight is 456 g/mol. The summed E-state index contributed by atoms with van der Waals surface area (Å²) in [5, 5.41) is 3.61. The van der Waals surface area contributed by atoms with E-state index in [4.69, 9.17) is 9.15 Å². The number of carbonyl (C=O) groups excluding carboxylic acids is 2. The van der Waals surface area contributed by atoms with Crippen LogP contribution in [0.4, 0.5) is 4.79 Å². The summed E-state index contributed by atoms with van der Waals surface area (Å²) in [7, 11) is 0. The van der Waals surface area contributed by atoms with Crippen molar-refractivity contribution in [3.63, 3.8) is 0 Å². The fourth-order valence-corrected chi connectivity index (χ4v) is 3.77. The first-order chi connectivity index (χ1) is 15.7. The SMILES string of the molecule is CC(C)(C)OC(=O)N1CCN(CCNC(=O)Cn2cnc3c(oc4ccccc43)c2=O)CC1. The zero-order valence-corrected chi connectivity index (χ0v) is 19.2. The van der Waals surface area contributed by atoms with Crippen LogP contribution in [0, 0.1) is 0 Å². The van der Waals surface area contributed by atoms with Crippen LogP contribution in [-0.4, -0.2) is 76.2 Å². The van der Waals surface area contributed by atoms with Gasteiger partial charge in [0.2, 0.25) is 11.5 Å². The molecule has 0 spiro atoms. The average Bonchev–Trinajstić information content (AvgIpc) is 3.14. The Balaban J connectivity index is 1.25. The number of carbonyl (C=O) groups is 2. The standard InChI is InChI=1S/C23H29N5O5/c1-23(2,3)33-22(31)27-12-10-26(11-13-27)9-8-24-18(29)14-28-15-25-19-16-6-4-5-7-17(16)32-20(19)21(28)30/h4-7,15H,8-14H2,1-3H3,(H,24,29). The van der Waals surface area contributed by atoms with Crippen molar-refractivity contribution in [3.05, 3.63) is 40.9 Å². The molecule has 0 radical (unpaired) electrons. The Morgan fingerprint density at radius 2 is 1.88 bits per heavy atom. The summed E-state index contributed by atoms with van der Waals surface area (Å²) in [6.45, 7) is 9.11. The van der Waals surface area contributed by atoms with E-state index in [-0.39, 0.29) is 29.7 Å². The van der Waals surface area contributed by atoms with E-state index >= 15 is 0 Å². The molecule has 1 aromatic carbocycles. The minimum absolute atomic E-state index is 0.134. The molecule has 4 rings (SSSR count). The molecule has 0 atom stereocenters. The Morgan fingerprint density at radius 1 is 1.15 bits per heavy atom. The van der Waals surface area contributed by atoms with Crippen LogP contribution in [0.1, 0.15) is 20.8 Å². The number of benzene rings is 1. The Hall–Kier alpha value is -3.40. The second kappa shape index (κ2) is 9.22. The van der Waals surface area contributed by atoms with Crippen LogP contribution < -0.4 is 10.9 Å². The number of para-hydroxylation sites is 1. The van der Waals surface area contributed by atoms with Crippen LogP contribution in [-0.2, 0) is 16.1 Å². The van der Waals surface area contributed by atoms with Crippen molar-refractivity contribution < 1.29 is 18.7 Å². The summed E-state index contributed by atoms with van der Waals surface area (Å²) in [5.41, 5.74) is 0.341. The number of hydrogen-bond acceptors (Lipinski definition) is 7. The highest BCUT2D eigenvalue weighted by molar-refractivity contribution is 6.01. The normalized spacial score (nSPS) is 15.2. The lowest BCUT2D eigenvalue weighted by atomic mass is 10.2. The molecule has 3 heterocycles. The van der Waals surface area contributed by atoms with E-state index in [9.17, 15) is 14.4 Å². The molecule has 2 amide bonds. The second-order valence-electron chi connectivity index (χ2n) is 9.11. The van der Waals surface area contributed by atoms with Gasteiger partial charge < -0.3 is 19.4 Å². The minimum atomic E-state index is -0.509. The summed E-state index contributed by atoms with van der Waals surface area (Å²) >= 11 is 0. The molecule has 0 saturated carbocycles. The number of hydrogen-bond donors (Lipinski definition) is 1. The highest BCUT2D eigenvalue weighted by atomic mass is 16.6. The van der Waals surface area contributed by atoms with Gasteiger partial charge in [-0.15, -0.1) is 0 Å². The molecular weight excluding hydrogens is 426 g/mol. The lowest BCUT2D eigenvalue weighted by Gasteiger charge is -2.35. The molecule has 1 aliphatic heterocycles. The number of ether oxygens (including phenoxy) is 1. The number of furan rings is 1. The van der Waals surface area contributed by atoms with Gasteiger partial charge in [0.1, 0.15) is 23.2 Å². The summed E-state index contributed by atoms with van der Waals surface area (Å²) in [6.07, 6.45) is 1.08. The molecule has 2 aromatic heterocycles. The first-order valence-electron chi connectivity index (χ1n) is 11.0. The number of aromatic nitrogens is 2. The van der Waals surface area contributed by atoms with E-state index in [1.807, 2.05) is 39.0 Å². The third-order valence-electron chi connectivity index (χ3n) is 5.44. The molecule has 10 heteroatoms. The molecule has 0 aliphatic carbocycles. The Kier molecular flexibility index (Phi) is 6.37. The second-order valence-corrected chi connectivity index (χ2v) is 9.11. The minimum Gasteiger partial charge on any atom is -0.448 e. The van der Waals surface area contributed by atoms with Crippen molar-refractivity contribution in [1.82, 2.24) is 24.7 Å². The smallest absolute Gasteiger partial charge is 0.410 e. The van der Waals surface area contributed by atoms with Gasteiger partial charge in [0.15, 0.2) is 0 Å². The van der Waals surface area contributed by atoms with Gasteiger partial charge in [-0.25, -0.2) is 9.78 Å². The van der Waals surface area contributed by atoms with Crippen molar-refractivity contribution in [1.29, 1.82) is 0 Å². The third kappa shape index (κ3) is 5.33. The van der Waals surface area contributed by atoms with Gasteiger partial charge in [-0.2, -0.15) is 0 Å². The molecule has 0 bridgehead atoms. The Bertz CT molecular complexity index is 1220. The van der Waals surface area contributed by atoms with Gasteiger partial charge in [0, 0.05) is 44.7 Å². The van der Waals surface area contributed by atoms with Gasteiger partial charge >= 0.3 is 6.09 Å². The van der Waals surface area contributed by atoms with Crippen molar-refractivity contribution in [2.24, 2.45) is 0 Å². The molecule has 0 unspecified atom stereocenters. The predicted octanol–water partition coefficient (Wildman–Crippen LogP) is 1.81. The summed E-state index contributed by atoms with van der Waals surface area (Å²) in [5.74, 6) is -0.276. The van der Waals surface area contributed by atoms with Crippen LogP contribution in [0.2, 0.25) is 0 Å². The molecule has 1 N–H and O–H groups in total. The van der Waals surface area contributed by atoms with Crippen LogP contribution in [0.15, 0.2) is 39.8 Å². The Labute approximate surface area is 191 Å². The highest BCUT2D eigenvalue weighted by Gasteiger charge is 2.25. The zero-order chi connectivity index (χ0) is 23.6. The fourth-order valence-electron chi connectivity index (χ4n) is 3.77. The predicted molar refractivity (Wildman–Crippen MR) is 123 cm³/mol. The van der Waals surface area contributed by atoms with Crippen LogP contribution in [0.3, 0.4) is 0 Å². The van der Waals surface area contributed by atoms with Gasteiger partial charge in [0.25, 0.3) is 5.56 Å². The van der Waals surface area contributed by atoms with Gasteiger partial charge in [-0.05, 0) is 32.9 Å². The lowest BCUT2D eigenvalue weighted by molar-refractivity contribution is -0.121. The fraction of sp³-hybridized carbons (Fsp3) is 0.478. The number of rotatable bonds is 5. The largest absolute Gasteiger partial charge is 0.448 e. The maximum absolute atomic E-state index is 12.7. The van der Waals surface area contributed by atoms with Crippen LogP contribution >= 0.6 is 0 Å². The number of fused-ring (bicyclic) bond motifs is 3. The number of nitrogens with zero attached hydrogens (tertiary/aromatic N) is 4. The van der Waals surface area contributed by atoms with E-state index in [0.29, 0.717) is 50.4 Å². The van der Waals surface area contributed by atoms with Crippen molar-refractivity contribution in [3.8, 4) is 0 Å². The molecule has 1 aliphatic rings. The third-order valence-corrected chi connectivity index (χ3v) is 5.44. The van der Waals surface area contributed by atoms with Crippen LogP contribution in [0.25, 0.3) is 22.1 Å². The van der Waals surface area contributed by atoms with Gasteiger partial charge in [-0.3, -0.25) is 19.1 Å². The number of piperazine rings is 1. The lowest BCUT2D eigenvalue weighted by Crippen LogP contribution is -2.51. The maximum atomic E-state index is 12.7. The van der Waals surface area contributed by atoms with Gasteiger partial charge in [-0.1, -0.05) is 12.1 Å². The summed E-state index contributed by atoms with van der Waals surface area (Å²) < 4.78 is 12.3. The van der Waals surface area contributed by atoms with Crippen molar-refractivity contribution in [2.75, 3.05) is 39.3 Å². The first-order valence-corrected chi connectivity index (χ1v) is 11.0. The first kappa shape index (κ1) is 22.8. The summed E-state index contributed by atoms with van der Waals surface area (Å²) in [6, 6.07) is 7.31. The van der Waals surface area contributed by atoms with Crippen molar-refractivity contribution >= 4 is 34.1 Å². The molecule has 1 fully saturated rings. The van der Waals surface area contributed by atoms with E-state index < -0.39 is 5.60 Å². The molecule has 1 saturated heterocycles. The molecule has 33 heavy (non-hydrogen) atoms. The monoisotopic (exact) mass is 455 g/mol. The number of amides is 2. The van der Waals surface area contributed by atoms with E-state index in [1.54, 1.807) is 11.0 Å². The summed E-state index contributed by atoms with van der Waals surface area (Å²) in [4.78, 5) is 45.4. The quantitative estimate of drug-likeness (QED) is 0.625. The van der Waals surface area contributed by atoms with E-state index in [1.165, 1.54) is 10.9 Å². The highest BCUT2D eigenvalue weighted by Crippen LogP contribution is 2.24. The molecule has 3 aromatic rings. The molecule has 176 valence electrons. The van der Waals surface area contributed by atoms with Crippen LogP contribution in [0.5, 0.6) is 0 Å². The topological polar surface area (TPSA) is 110 Å². The molecular formula is C23H29N5O5. The maximum Gasteiger partial charge on any atom is 0.410 e. The Morgan fingerprint density at radius 3 is 2.61 bits per heavy atom. The van der Waals surface area contributed by atoms with E-state index in [0.717, 1.165) is 5.39 Å². The molecule has 10 nitrogen and oxygen atoms in total. The van der Waals surface area contributed by atoms with Gasteiger partial charge in [0.05, 0.1) is 6.33 Å². The zero-order valence-electron chi connectivity index (χ0n) is 19.2. The van der Waals surface area contributed by atoms with Crippen molar-refractivity contribution in [2.45, 2.75) is 32.9 Å². The van der Waals surface area contributed by atoms with E-state index in [2.05, 4.69) is 15.2 Å². The number of nitrogens with one attached hydrogen (secondary N) is 1.